The molecule has 0 fully saturated rings. The third kappa shape index (κ3) is 4.59. The second kappa shape index (κ2) is 6.83. The van der Waals surface area contributed by atoms with Crippen molar-refractivity contribution in [2.75, 3.05) is 12.9 Å². The third-order valence-corrected chi connectivity index (χ3v) is 3.45. The molecule has 0 amide bonds. The second-order valence-corrected chi connectivity index (χ2v) is 6.55. The van der Waals surface area contributed by atoms with E-state index in [0.717, 1.165) is 6.26 Å². The fourth-order valence-electron chi connectivity index (χ4n) is 1.76. The number of ether oxygens (including phenoxy) is 1. The van der Waals surface area contributed by atoms with E-state index in [2.05, 4.69) is 4.74 Å². The molecule has 1 aromatic carbocycles. The number of esters is 1. The average Bonchev–Trinajstić information content (AvgIpc) is 2.36. The monoisotopic (exact) mass is 302 g/mol. The highest BCUT2D eigenvalue weighted by Crippen LogP contribution is 2.23. The molecule has 0 aromatic heterocycles. The number of aliphatic hydroxyl groups is 2. The van der Waals surface area contributed by atoms with Gasteiger partial charge in [0, 0.05) is 6.26 Å². The number of carbonyl (C=O) groups is 1. The first-order valence-electron chi connectivity index (χ1n) is 6.04. The summed E-state index contributed by atoms with van der Waals surface area (Å²) < 4.78 is 27.3. The Kier molecular flexibility index (Phi) is 5.67. The molecule has 1 rings (SSSR count). The lowest BCUT2D eigenvalue weighted by Gasteiger charge is -2.19. The maximum atomic E-state index is 11.4. The van der Waals surface area contributed by atoms with Crippen LogP contribution in [0.3, 0.4) is 0 Å². The van der Waals surface area contributed by atoms with Crippen LogP contribution in [-0.4, -0.2) is 43.6 Å². The molecule has 0 aliphatic carbocycles. The Morgan fingerprint density at radius 3 is 2.45 bits per heavy atom. The van der Waals surface area contributed by atoms with E-state index in [1.165, 1.54) is 12.1 Å². The molecule has 0 heterocycles. The maximum Gasteiger partial charge on any atom is 0.338 e. The van der Waals surface area contributed by atoms with Gasteiger partial charge in [0.05, 0.1) is 12.4 Å². The van der Waals surface area contributed by atoms with Gasteiger partial charge in [0.1, 0.15) is 6.10 Å². The van der Waals surface area contributed by atoms with Gasteiger partial charge in [0.25, 0.3) is 0 Å². The molecule has 6 nitrogen and oxygen atoms in total. The SMILES string of the molecule is CCOC(=O)C(O)C(O)c1ccccc1CS(C)(=O)=O. The summed E-state index contributed by atoms with van der Waals surface area (Å²) in [6, 6.07) is 6.20. The van der Waals surface area contributed by atoms with Crippen LogP contribution >= 0.6 is 0 Å². The number of aliphatic hydroxyl groups excluding tert-OH is 2. The van der Waals surface area contributed by atoms with Gasteiger partial charge < -0.3 is 14.9 Å². The van der Waals surface area contributed by atoms with Crippen molar-refractivity contribution in [2.24, 2.45) is 0 Å². The van der Waals surface area contributed by atoms with Gasteiger partial charge >= 0.3 is 5.97 Å². The molecule has 2 N–H and O–H groups in total. The summed E-state index contributed by atoms with van der Waals surface area (Å²) in [5.41, 5.74) is 0.532. The number of hydrogen-bond acceptors (Lipinski definition) is 6. The molecule has 1 aromatic rings. The quantitative estimate of drug-likeness (QED) is 0.727. The van der Waals surface area contributed by atoms with Gasteiger partial charge in [0.2, 0.25) is 0 Å². The smallest absolute Gasteiger partial charge is 0.338 e. The molecule has 0 bridgehead atoms. The highest BCUT2D eigenvalue weighted by Gasteiger charge is 2.28. The summed E-state index contributed by atoms with van der Waals surface area (Å²) in [6.45, 7) is 1.65. The van der Waals surface area contributed by atoms with Gasteiger partial charge in [-0.05, 0) is 18.1 Å². The summed E-state index contributed by atoms with van der Waals surface area (Å²) >= 11 is 0. The minimum atomic E-state index is -3.30. The van der Waals surface area contributed by atoms with Crippen LogP contribution in [0.1, 0.15) is 24.2 Å². The van der Waals surface area contributed by atoms with E-state index in [0.29, 0.717) is 5.56 Å². The van der Waals surface area contributed by atoms with Crippen LogP contribution in [0.5, 0.6) is 0 Å². The minimum Gasteiger partial charge on any atom is -0.464 e. The first-order valence-corrected chi connectivity index (χ1v) is 8.10. The molecule has 0 spiro atoms. The van der Waals surface area contributed by atoms with Crippen LogP contribution in [0.4, 0.5) is 0 Å². The van der Waals surface area contributed by atoms with Crippen LogP contribution in [-0.2, 0) is 25.1 Å². The van der Waals surface area contributed by atoms with Crippen molar-refractivity contribution >= 4 is 15.8 Å². The molecule has 0 radical (unpaired) electrons. The molecule has 0 aliphatic rings. The molecule has 2 atom stereocenters. The van der Waals surface area contributed by atoms with Crippen molar-refractivity contribution in [3.05, 3.63) is 35.4 Å². The molecular weight excluding hydrogens is 284 g/mol. The molecule has 112 valence electrons. The van der Waals surface area contributed by atoms with Gasteiger partial charge in [-0.15, -0.1) is 0 Å². The van der Waals surface area contributed by atoms with Gasteiger partial charge in [-0.3, -0.25) is 0 Å². The van der Waals surface area contributed by atoms with E-state index in [1.807, 2.05) is 0 Å². The van der Waals surface area contributed by atoms with E-state index in [1.54, 1.807) is 19.1 Å². The molecule has 7 heteroatoms. The fourth-order valence-corrected chi connectivity index (χ4v) is 2.59. The zero-order valence-electron chi connectivity index (χ0n) is 11.3. The molecule has 2 unspecified atom stereocenters. The Morgan fingerprint density at radius 2 is 1.90 bits per heavy atom. The van der Waals surface area contributed by atoms with Gasteiger partial charge in [0.15, 0.2) is 15.9 Å². The van der Waals surface area contributed by atoms with E-state index in [9.17, 15) is 23.4 Å². The first-order chi connectivity index (χ1) is 9.26. The van der Waals surface area contributed by atoms with Crippen LogP contribution in [0.2, 0.25) is 0 Å². The van der Waals surface area contributed by atoms with Gasteiger partial charge in [-0.2, -0.15) is 0 Å². The standard InChI is InChI=1S/C13H18O6S/c1-3-19-13(16)12(15)11(14)10-7-5-4-6-9(10)8-20(2,17)18/h4-7,11-12,14-15H,3,8H2,1-2H3. The highest BCUT2D eigenvalue weighted by atomic mass is 32.2. The van der Waals surface area contributed by atoms with Crippen LogP contribution in [0, 0.1) is 0 Å². The van der Waals surface area contributed by atoms with Crippen molar-refractivity contribution in [1.29, 1.82) is 0 Å². The number of carbonyl (C=O) groups excluding carboxylic acids is 1. The van der Waals surface area contributed by atoms with Crippen molar-refractivity contribution in [3.8, 4) is 0 Å². The maximum absolute atomic E-state index is 11.4. The Morgan fingerprint density at radius 1 is 1.30 bits per heavy atom. The summed E-state index contributed by atoms with van der Waals surface area (Å²) in [7, 11) is -3.30. The Balaban J connectivity index is 3.04. The number of sulfone groups is 1. The Labute approximate surface area is 117 Å². The van der Waals surface area contributed by atoms with E-state index in [-0.39, 0.29) is 17.9 Å². The predicted molar refractivity (Wildman–Crippen MR) is 72.6 cm³/mol. The zero-order chi connectivity index (χ0) is 15.3. The van der Waals surface area contributed by atoms with Gasteiger partial charge in [-0.1, -0.05) is 24.3 Å². The van der Waals surface area contributed by atoms with Crippen LogP contribution < -0.4 is 0 Å². The minimum absolute atomic E-state index is 0.0770. The molecule has 0 saturated carbocycles. The molecular formula is C13H18O6S. The third-order valence-electron chi connectivity index (χ3n) is 2.62. The summed E-state index contributed by atoms with van der Waals surface area (Å²) in [6.07, 6.45) is -2.22. The summed E-state index contributed by atoms with van der Waals surface area (Å²) in [5.74, 6) is -1.23. The Bertz CT molecular complexity index is 566. The average molecular weight is 302 g/mol. The normalized spacial score (nSPS) is 14.6. The molecule has 20 heavy (non-hydrogen) atoms. The van der Waals surface area contributed by atoms with E-state index in [4.69, 9.17) is 0 Å². The Hall–Kier alpha value is -1.44. The van der Waals surface area contributed by atoms with Crippen molar-refractivity contribution < 1.29 is 28.2 Å². The van der Waals surface area contributed by atoms with E-state index < -0.39 is 28.0 Å². The second-order valence-electron chi connectivity index (χ2n) is 4.41. The van der Waals surface area contributed by atoms with Gasteiger partial charge in [-0.25, -0.2) is 13.2 Å². The van der Waals surface area contributed by atoms with E-state index >= 15 is 0 Å². The fraction of sp³-hybridized carbons (Fsp3) is 0.462. The summed E-state index contributed by atoms with van der Waals surface area (Å²) in [5, 5.41) is 19.7. The number of rotatable bonds is 6. The molecule has 0 aliphatic heterocycles. The topological polar surface area (TPSA) is 101 Å². The first kappa shape index (κ1) is 16.6. The zero-order valence-corrected chi connectivity index (χ0v) is 12.1. The number of hydrogen-bond donors (Lipinski definition) is 2. The highest BCUT2D eigenvalue weighted by molar-refractivity contribution is 7.89. The van der Waals surface area contributed by atoms with Crippen molar-refractivity contribution in [1.82, 2.24) is 0 Å². The van der Waals surface area contributed by atoms with Crippen molar-refractivity contribution in [3.63, 3.8) is 0 Å². The summed E-state index contributed by atoms with van der Waals surface area (Å²) in [4.78, 5) is 11.4. The lowest BCUT2D eigenvalue weighted by atomic mass is 9.99. The largest absolute Gasteiger partial charge is 0.464 e. The van der Waals surface area contributed by atoms with Crippen LogP contribution in [0.25, 0.3) is 0 Å². The number of benzene rings is 1. The predicted octanol–water partition coefficient (Wildman–Crippen LogP) is 0.189. The van der Waals surface area contributed by atoms with Crippen molar-refractivity contribution in [2.45, 2.75) is 24.9 Å². The molecule has 0 saturated heterocycles. The lowest BCUT2D eigenvalue weighted by Crippen LogP contribution is -2.30. The van der Waals surface area contributed by atoms with Crippen LogP contribution in [0.15, 0.2) is 24.3 Å². The lowest BCUT2D eigenvalue weighted by molar-refractivity contribution is -0.159.